The molecular formula is C9H22N2. The van der Waals surface area contributed by atoms with Crippen LogP contribution in [-0.2, 0) is 0 Å². The standard InChI is InChI=1S/C8H18N2.CH4/c1-9-7-5-3-4-6-8(7)10-2;/h7-10H,3-6H2,1-2H3;1H4/t7-,8-;/m0./s1. The lowest BCUT2D eigenvalue weighted by Crippen LogP contribution is -2.47. The van der Waals surface area contributed by atoms with E-state index in [-0.39, 0.29) is 7.43 Å². The molecule has 0 spiro atoms. The largest absolute Gasteiger partial charge is 0.315 e. The van der Waals surface area contributed by atoms with Crippen LogP contribution in [-0.4, -0.2) is 26.2 Å². The van der Waals surface area contributed by atoms with Crippen molar-refractivity contribution in [2.75, 3.05) is 14.1 Å². The van der Waals surface area contributed by atoms with Crippen molar-refractivity contribution in [1.29, 1.82) is 0 Å². The van der Waals surface area contributed by atoms with Gasteiger partial charge in [-0.15, -0.1) is 0 Å². The van der Waals surface area contributed by atoms with Crippen LogP contribution in [0.2, 0.25) is 0 Å². The van der Waals surface area contributed by atoms with Crippen molar-refractivity contribution in [3.8, 4) is 0 Å². The normalized spacial score (nSPS) is 31.1. The fourth-order valence-electron chi connectivity index (χ4n) is 1.82. The molecule has 0 bridgehead atoms. The Hall–Kier alpha value is -0.0800. The molecule has 1 rings (SSSR count). The summed E-state index contributed by atoms with van der Waals surface area (Å²) in [6, 6.07) is 1.41. The van der Waals surface area contributed by atoms with Crippen LogP contribution >= 0.6 is 0 Å². The smallest absolute Gasteiger partial charge is 0.0218 e. The van der Waals surface area contributed by atoms with Gasteiger partial charge in [-0.25, -0.2) is 0 Å². The summed E-state index contributed by atoms with van der Waals surface area (Å²) in [4.78, 5) is 0. The molecular weight excluding hydrogens is 136 g/mol. The molecule has 0 heterocycles. The highest BCUT2D eigenvalue weighted by Gasteiger charge is 2.21. The summed E-state index contributed by atoms with van der Waals surface area (Å²) in [6.07, 6.45) is 5.46. The summed E-state index contributed by atoms with van der Waals surface area (Å²) in [5.41, 5.74) is 0. The van der Waals surface area contributed by atoms with Gasteiger partial charge in [-0.1, -0.05) is 20.3 Å². The molecule has 1 aliphatic carbocycles. The minimum absolute atomic E-state index is 0. The third-order valence-electron chi connectivity index (χ3n) is 2.51. The van der Waals surface area contributed by atoms with Crippen LogP contribution in [0.4, 0.5) is 0 Å². The van der Waals surface area contributed by atoms with Gasteiger partial charge in [0.25, 0.3) is 0 Å². The Morgan fingerprint density at radius 3 is 1.55 bits per heavy atom. The van der Waals surface area contributed by atoms with E-state index in [9.17, 15) is 0 Å². The predicted octanol–water partition coefficient (Wildman–Crippen LogP) is 1.37. The summed E-state index contributed by atoms with van der Waals surface area (Å²) in [7, 11) is 4.11. The molecule has 0 aromatic heterocycles. The van der Waals surface area contributed by atoms with Crippen LogP contribution < -0.4 is 10.6 Å². The topological polar surface area (TPSA) is 24.1 Å². The summed E-state index contributed by atoms with van der Waals surface area (Å²) >= 11 is 0. The van der Waals surface area contributed by atoms with E-state index in [1.54, 1.807) is 0 Å². The highest BCUT2D eigenvalue weighted by atomic mass is 15.0. The van der Waals surface area contributed by atoms with Crippen LogP contribution in [0.15, 0.2) is 0 Å². The fourth-order valence-corrected chi connectivity index (χ4v) is 1.82. The van der Waals surface area contributed by atoms with Gasteiger partial charge in [0.15, 0.2) is 0 Å². The molecule has 2 nitrogen and oxygen atoms in total. The van der Waals surface area contributed by atoms with Crippen LogP contribution in [0.1, 0.15) is 33.1 Å². The Bertz CT molecular complexity index is 81.6. The maximum Gasteiger partial charge on any atom is 0.0218 e. The minimum Gasteiger partial charge on any atom is -0.315 e. The van der Waals surface area contributed by atoms with E-state index in [0.717, 1.165) is 0 Å². The summed E-state index contributed by atoms with van der Waals surface area (Å²) in [6.45, 7) is 0. The highest BCUT2D eigenvalue weighted by molar-refractivity contribution is 4.83. The zero-order chi connectivity index (χ0) is 7.40. The van der Waals surface area contributed by atoms with Crippen molar-refractivity contribution in [3.05, 3.63) is 0 Å². The molecule has 1 fully saturated rings. The molecule has 0 saturated heterocycles. The molecule has 0 aromatic carbocycles. The maximum absolute atomic E-state index is 3.34. The van der Waals surface area contributed by atoms with E-state index >= 15 is 0 Å². The molecule has 0 aliphatic heterocycles. The first kappa shape index (κ1) is 10.9. The van der Waals surface area contributed by atoms with Gasteiger partial charge in [0.05, 0.1) is 0 Å². The number of nitrogens with one attached hydrogen (secondary N) is 2. The van der Waals surface area contributed by atoms with Gasteiger partial charge in [-0.2, -0.15) is 0 Å². The van der Waals surface area contributed by atoms with Gasteiger partial charge in [-0.3, -0.25) is 0 Å². The van der Waals surface area contributed by atoms with E-state index in [1.807, 2.05) is 0 Å². The molecule has 2 N–H and O–H groups in total. The molecule has 0 amide bonds. The quantitative estimate of drug-likeness (QED) is 0.634. The zero-order valence-corrected chi connectivity index (χ0v) is 6.98. The number of rotatable bonds is 2. The molecule has 0 unspecified atom stereocenters. The van der Waals surface area contributed by atoms with Crippen molar-refractivity contribution >= 4 is 0 Å². The molecule has 11 heavy (non-hydrogen) atoms. The first-order chi connectivity index (χ1) is 4.88. The van der Waals surface area contributed by atoms with Gasteiger partial charge in [0, 0.05) is 12.1 Å². The van der Waals surface area contributed by atoms with E-state index in [2.05, 4.69) is 24.7 Å². The van der Waals surface area contributed by atoms with E-state index in [4.69, 9.17) is 0 Å². The Balaban J connectivity index is 0.000001000. The van der Waals surface area contributed by atoms with Gasteiger partial charge >= 0.3 is 0 Å². The lowest BCUT2D eigenvalue weighted by molar-refractivity contribution is 0.309. The number of likely N-dealkylation sites (N-methyl/N-ethyl adjacent to an activating group) is 2. The van der Waals surface area contributed by atoms with Crippen molar-refractivity contribution < 1.29 is 0 Å². The SMILES string of the molecule is C.CN[C@H]1CCCC[C@@H]1NC. The molecule has 2 heteroatoms. The second-order valence-electron chi connectivity index (χ2n) is 3.07. The minimum atomic E-state index is 0. The van der Waals surface area contributed by atoms with Crippen molar-refractivity contribution in [1.82, 2.24) is 10.6 Å². The summed E-state index contributed by atoms with van der Waals surface area (Å²) in [5, 5.41) is 6.68. The molecule has 68 valence electrons. The van der Waals surface area contributed by atoms with Crippen molar-refractivity contribution in [2.45, 2.75) is 45.2 Å². The highest BCUT2D eigenvalue weighted by Crippen LogP contribution is 2.17. The second kappa shape index (κ2) is 5.56. The molecule has 0 aromatic rings. The third-order valence-corrected chi connectivity index (χ3v) is 2.51. The second-order valence-corrected chi connectivity index (χ2v) is 3.07. The lowest BCUT2D eigenvalue weighted by Gasteiger charge is -2.30. The Kier molecular flexibility index (Phi) is 5.51. The van der Waals surface area contributed by atoms with Crippen molar-refractivity contribution in [3.63, 3.8) is 0 Å². The fraction of sp³-hybridized carbons (Fsp3) is 1.00. The monoisotopic (exact) mass is 158 g/mol. The van der Waals surface area contributed by atoms with E-state index < -0.39 is 0 Å². The maximum atomic E-state index is 3.34. The Morgan fingerprint density at radius 2 is 1.27 bits per heavy atom. The average Bonchev–Trinajstić information content (AvgIpc) is 2.04. The molecule has 1 saturated carbocycles. The van der Waals surface area contributed by atoms with Crippen molar-refractivity contribution in [2.24, 2.45) is 0 Å². The van der Waals surface area contributed by atoms with Crippen LogP contribution in [0.5, 0.6) is 0 Å². The Morgan fingerprint density at radius 1 is 0.909 bits per heavy atom. The number of hydrogen-bond acceptors (Lipinski definition) is 2. The van der Waals surface area contributed by atoms with Gasteiger partial charge in [0.2, 0.25) is 0 Å². The molecule has 0 radical (unpaired) electrons. The van der Waals surface area contributed by atoms with E-state index in [1.165, 1.54) is 25.7 Å². The first-order valence-electron chi connectivity index (χ1n) is 4.23. The van der Waals surface area contributed by atoms with Gasteiger partial charge in [-0.05, 0) is 26.9 Å². The van der Waals surface area contributed by atoms with Gasteiger partial charge < -0.3 is 10.6 Å². The van der Waals surface area contributed by atoms with E-state index in [0.29, 0.717) is 12.1 Å². The summed E-state index contributed by atoms with van der Waals surface area (Å²) in [5.74, 6) is 0. The lowest BCUT2D eigenvalue weighted by atomic mass is 9.91. The van der Waals surface area contributed by atoms with Gasteiger partial charge in [0.1, 0.15) is 0 Å². The molecule has 2 atom stereocenters. The van der Waals surface area contributed by atoms with Crippen LogP contribution in [0.25, 0.3) is 0 Å². The van der Waals surface area contributed by atoms with Crippen LogP contribution in [0.3, 0.4) is 0 Å². The average molecular weight is 158 g/mol. The Labute approximate surface area is 70.8 Å². The third kappa shape index (κ3) is 2.80. The number of hydrogen-bond donors (Lipinski definition) is 2. The summed E-state index contributed by atoms with van der Waals surface area (Å²) < 4.78 is 0. The zero-order valence-electron chi connectivity index (χ0n) is 6.98. The molecule has 1 aliphatic rings. The first-order valence-corrected chi connectivity index (χ1v) is 4.23. The van der Waals surface area contributed by atoms with Crippen LogP contribution in [0, 0.1) is 0 Å². The predicted molar refractivity (Wildman–Crippen MR) is 50.9 cm³/mol.